The molecule has 1 atom stereocenters. The Labute approximate surface area is 165 Å². The van der Waals surface area contributed by atoms with Gasteiger partial charge in [0, 0.05) is 18.7 Å². The van der Waals surface area contributed by atoms with Gasteiger partial charge in [0.2, 0.25) is 11.0 Å². The van der Waals surface area contributed by atoms with Gasteiger partial charge in [-0.15, -0.1) is 10.2 Å². The Kier molecular flexibility index (Phi) is 7.71. The molecule has 140 valence electrons. The van der Waals surface area contributed by atoms with E-state index in [9.17, 15) is 4.79 Å². The van der Waals surface area contributed by atoms with Gasteiger partial charge in [-0.25, -0.2) is 4.31 Å². The van der Waals surface area contributed by atoms with E-state index in [-0.39, 0.29) is 11.4 Å². The summed E-state index contributed by atoms with van der Waals surface area (Å²) in [6, 6.07) is 9.67. The van der Waals surface area contributed by atoms with Crippen LogP contribution in [0.2, 0.25) is 0 Å². The lowest BCUT2D eigenvalue weighted by atomic mass is 10.1. The van der Waals surface area contributed by atoms with Crippen molar-refractivity contribution in [3.05, 3.63) is 40.9 Å². The summed E-state index contributed by atoms with van der Waals surface area (Å²) >= 11 is 4.99. The van der Waals surface area contributed by atoms with Gasteiger partial charge in [-0.2, -0.15) is 11.8 Å². The fourth-order valence-electron chi connectivity index (χ4n) is 2.34. The van der Waals surface area contributed by atoms with Crippen molar-refractivity contribution in [2.24, 2.45) is 5.73 Å². The summed E-state index contributed by atoms with van der Waals surface area (Å²) in [5.41, 5.74) is 6.78. The van der Waals surface area contributed by atoms with E-state index in [4.69, 9.17) is 5.73 Å². The third kappa shape index (κ3) is 6.53. The van der Waals surface area contributed by atoms with Crippen LogP contribution >= 0.6 is 35.0 Å². The fraction of sp³-hybridized carbons (Fsp3) is 0.438. The molecule has 1 aliphatic rings. The topological polar surface area (TPSA) is 96.2 Å². The molecule has 26 heavy (non-hydrogen) atoms. The summed E-state index contributed by atoms with van der Waals surface area (Å²) in [5.74, 6) is 1.98. The summed E-state index contributed by atoms with van der Waals surface area (Å²) in [4.78, 5) is 12.0. The van der Waals surface area contributed by atoms with Crippen LogP contribution < -0.4 is 16.4 Å². The Hall–Kier alpha value is -1.17. The molecule has 0 saturated carbocycles. The first-order chi connectivity index (χ1) is 12.7. The van der Waals surface area contributed by atoms with E-state index in [1.165, 1.54) is 11.3 Å². The lowest BCUT2D eigenvalue weighted by Crippen LogP contribution is -2.28. The number of hydrogen-bond acceptors (Lipinski definition) is 9. The van der Waals surface area contributed by atoms with Gasteiger partial charge in [0.05, 0.1) is 13.1 Å². The van der Waals surface area contributed by atoms with Crippen LogP contribution in [-0.2, 0) is 17.6 Å². The van der Waals surface area contributed by atoms with Crippen molar-refractivity contribution < 1.29 is 4.79 Å². The lowest BCUT2D eigenvalue weighted by molar-refractivity contribution is -0.115. The zero-order chi connectivity index (χ0) is 18.2. The van der Waals surface area contributed by atoms with Crippen molar-refractivity contribution in [1.82, 2.24) is 19.8 Å². The average Bonchev–Trinajstić information content (AvgIpc) is 3.24. The largest absolute Gasteiger partial charge is 0.306 e. The number of aryl methyl sites for hydroxylation is 1. The Bertz CT molecular complexity index is 698. The lowest BCUT2D eigenvalue weighted by Gasteiger charge is -2.11. The Morgan fingerprint density at radius 1 is 1.35 bits per heavy atom. The van der Waals surface area contributed by atoms with E-state index < -0.39 is 0 Å². The summed E-state index contributed by atoms with van der Waals surface area (Å²) in [7, 11) is 0. The van der Waals surface area contributed by atoms with E-state index in [2.05, 4.69) is 25.1 Å². The molecule has 2 heterocycles. The van der Waals surface area contributed by atoms with Gasteiger partial charge in [-0.1, -0.05) is 41.7 Å². The molecule has 0 radical (unpaired) electrons. The highest BCUT2D eigenvalue weighted by atomic mass is 32.2. The highest BCUT2D eigenvalue weighted by Gasteiger charge is 2.18. The number of carbonyl (C=O) groups excluding carboxylic acids is 1. The highest BCUT2D eigenvalue weighted by molar-refractivity contribution is 7.99. The molecule has 2 aromatic rings. The number of hydrogen-bond donors (Lipinski definition) is 3. The van der Waals surface area contributed by atoms with Crippen LogP contribution in [0.3, 0.4) is 0 Å². The van der Waals surface area contributed by atoms with Gasteiger partial charge in [0.25, 0.3) is 0 Å². The second-order valence-electron chi connectivity index (χ2n) is 5.67. The number of nitrogens with zero attached hydrogens (tertiary/aromatic N) is 3. The SMILES string of the molecule is NC1NCN(CCSCCc2nnc(NC(=O)Cc3ccccc3)s2)S1. The van der Waals surface area contributed by atoms with Gasteiger partial charge in [-0.05, 0) is 23.3 Å². The average molecular weight is 411 g/mol. The third-order valence-corrected chi connectivity index (χ3v) is 6.46. The molecule has 1 unspecified atom stereocenters. The Morgan fingerprint density at radius 3 is 2.96 bits per heavy atom. The number of amides is 1. The van der Waals surface area contributed by atoms with Crippen molar-refractivity contribution in [1.29, 1.82) is 0 Å². The molecule has 1 amide bonds. The second-order valence-corrected chi connectivity index (χ2v) is 9.19. The number of anilines is 1. The third-order valence-electron chi connectivity index (χ3n) is 3.60. The quantitative estimate of drug-likeness (QED) is 0.425. The maximum absolute atomic E-state index is 12.0. The first-order valence-corrected chi connectivity index (χ1v) is 11.1. The van der Waals surface area contributed by atoms with E-state index in [1.54, 1.807) is 11.9 Å². The molecule has 1 aliphatic heterocycles. The zero-order valence-electron chi connectivity index (χ0n) is 14.3. The van der Waals surface area contributed by atoms with Gasteiger partial charge in [-0.3, -0.25) is 10.1 Å². The van der Waals surface area contributed by atoms with Crippen molar-refractivity contribution in [2.75, 3.05) is 30.0 Å². The summed E-state index contributed by atoms with van der Waals surface area (Å²) in [6.45, 7) is 1.85. The molecule has 0 bridgehead atoms. The van der Waals surface area contributed by atoms with Crippen molar-refractivity contribution in [3.8, 4) is 0 Å². The maximum Gasteiger partial charge on any atom is 0.230 e. The fourth-order valence-corrected chi connectivity index (χ4v) is 5.04. The number of nitrogens with two attached hydrogens (primary N) is 1. The monoisotopic (exact) mass is 410 g/mol. The molecular weight excluding hydrogens is 388 g/mol. The molecule has 7 nitrogen and oxygen atoms in total. The molecule has 0 spiro atoms. The molecular formula is C16H22N6OS3. The minimum absolute atomic E-state index is 0.0249. The number of thioether (sulfide) groups is 1. The number of aromatic nitrogens is 2. The minimum atomic E-state index is -0.0665. The maximum atomic E-state index is 12.0. The molecule has 1 saturated heterocycles. The van der Waals surface area contributed by atoms with E-state index in [0.717, 1.165) is 41.7 Å². The summed E-state index contributed by atoms with van der Waals surface area (Å²) in [5, 5.41) is 15.7. The van der Waals surface area contributed by atoms with Crippen LogP contribution in [0.25, 0.3) is 0 Å². The number of carbonyl (C=O) groups is 1. The summed E-state index contributed by atoms with van der Waals surface area (Å²) in [6.07, 6.45) is 1.21. The van der Waals surface area contributed by atoms with E-state index in [0.29, 0.717) is 11.6 Å². The smallest absolute Gasteiger partial charge is 0.230 e. The molecule has 1 aromatic heterocycles. The van der Waals surface area contributed by atoms with Gasteiger partial charge in [0.1, 0.15) is 10.5 Å². The summed E-state index contributed by atoms with van der Waals surface area (Å²) < 4.78 is 2.24. The van der Waals surface area contributed by atoms with Crippen LogP contribution in [0.5, 0.6) is 0 Å². The normalized spacial score (nSPS) is 17.5. The molecule has 4 N–H and O–H groups in total. The Balaban J connectivity index is 1.32. The molecule has 3 rings (SSSR count). The number of rotatable bonds is 9. The van der Waals surface area contributed by atoms with Crippen LogP contribution in [0.1, 0.15) is 10.6 Å². The zero-order valence-corrected chi connectivity index (χ0v) is 16.7. The first kappa shape index (κ1) is 19.6. The number of nitrogens with one attached hydrogen (secondary N) is 2. The van der Waals surface area contributed by atoms with Crippen LogP contribution in [0.15, 0.2) is 30.3 Å². The van der Waals surface area contributed by atoms with Crippen molar-refractivity contribution in [2.45, 2.75) is 18.3 Å². The highest BCUT2D eigenvalue weighted by Crippen LogP contribution is 2.20. The van der Waals surface area contributed by atoms with E-state index in [1.807, 2.05) is 42.1 Å². The first-order valence-electron chi connectivity index (χ1n) is 8.33. The molecule has 1 aromatic carbocycles. The number of benzene rings is 1. The predicted molar refractivity (Wildman–Crippen MR) is 110 cm³/mol. The van der Waals surface area contributed by atoms with Crippen LogP contribution in [0, 0.1) is 0 Å². The van der Waals surface area contributed by atoms with Gasteiger partial charge in [0.15, 0.2) is 0 Å². The minimum Gasteiger partial charge on any atom is -0.306 e. The molecule has 0 aliphatic carbocycles. The standard InChI is InChI=1S/C16H22N6OS3/c17-15-18-11-22(26-15)7-9-24-8-6-14-20-21-16(25-14)19-13(23)10-12-4-2-1-3-5-12/h1-5,15,18H,6-11,17H2,(H,19,21,23). The van der Waals surface area contributed by atoms with E-state index >= 15 is 0 Å². The van der Waals surface area contributed by atoms with Crippen molar-refractivity contribution >= 4 is 46.1 Å². The van der Waals surface area contributed by atoms with Crippen LogP contribution in [0.4, 0.5) is 5.13 Å². The van der Waals surface area contributed by atoms with Crippen LogP contribution in [-0.4, -0.2) is 50.6 Å². The second kappa shape index (κ2) is 10.2. The molecule has 10 heteroatoms. The van der Waals surface area contributed by atoms with Gasteiger partial charge < -0.3 is 11.1 Å². The van der Waals surface area contributed by atoms with Gasteiger partial charge >= 0.3 is 0 Å². The molecule has 1 fully saturated rings. The predicted octanol–water partition coefficient (Wildman–Crippen LogP) is 1.75. The Morgan fingerprint density at radius 2 is 2.19 bits per heavy atom. The van der Waals surface area contributed by atoms with Crippen molar-refractivity contribution in [3.63, 3.8) is 0 Å².